The van der Waals surface area contributed by atoms with Gasteiger partial charge in [0.25, 0.3) is 5.69 Å². The lowest BCUT2D eigenvalue weighted by Crippen LogP contribution is -2.45. The molecule has 0 bridgehead atoms. The fraction of sp³-hybridized carbons (Fsp3) is 0.647. The summed E-state index contributed by atoms with van der Waals surface area (Å²) in [5.74, 6) is 0. The molecule has 1 aliphatic carbocycles. The molecule has 1 N–H and O–H groups in total. The number of rotatable bonds is 3. The fourth-order valence-electron chi connectivity index (χ4n) is 3.83. The molecular formula is C17H24N2O3. The van der Waals surface area contributed by atoms with Crippen LogP contribution in [0.1, 0.15) is 50.5 Å². The second-order valence-corrected chi connectivity index (χ2v) is 6.70. The zero-order valence-electron chi connectivity index (χ0n) is 13.1. The monoisotopic (exact) mass is 304 g/mol. The first kappa shape index (κ1) is 15.3. The quantitative estimate of drug-likeness (QED) is 0.671. The number of nitro groups is 1. The highest BCUT2D eigenvalue weighted by Gasteiger charge is 2.38. The highest BCUT2D eigenvalue weighted by molar-refractivity contribution is 5.63. The van der Waals surface area contributed by atoms with E-state index in [-0.39, 0.29) is 22.3 Å². The van der Waals surface area contributed by atoms with Crippen molar-refractivity contribution in [3.05, 3.63) is 33.9 Å². The number of hydrogen-bond donors (Lipinski definition) is 1. The van der Waals surface area contributed by atoms with Crippen molar-refractivity contribution in [1.29, 1.82) is 0 Å². The second-order valence-electron chi connectivity index (χ2n) is 6.70. The van der Waals surface area contributed by atoms with Crippen LogP contribution in [0.3, 0.4) is 0 Å². The lowest BCUT2D eigenvalue weighted by molar-refractivity contribution is -0.384. The molecule has 3 rings (SSSR count). The van der Waals surface area contributed by atoms with E-state index >= 15 is 0 Å². The van der Waals surface area contributed by atoms with Gasteiger partial charge in [0.2, 0.25) is 0 Å². The van der Waals surface area contributed by atoms with Crippen molar-refractivity contribution in [2.45, 2.75) is 63.5 Å². The Bertz CT molecular complexity index is 547. The van der Waals surface area contributed by atoms with Crippen molar-refractivity contribution in [3.63, 3.8) is 0 Å². The van der Waals surface area contributed by atoms with Gasteiger partial charge < -0.3 is 10.1 Å². The summed E-state index contributed by atoms with van der Waals surface area (Å²) in [6.45, 7) is 2.62. The van der Waals surface area contributed by atoms with Crippen molar-refractivity contribution in [3.8, 4) is 0 Å². The van der Waals surface area contributed by atoms with Crippen LogP contribution >= 0.6 is 0 Å². The third kappa shape index (κ3) is 3.24. The number of nitrogens with one attached hydrogen (secondary N) is 1. The van der Waals surface area contributed by atoms with Gasteiger partial charge in [0.1, 0.15) is 5.69 Å². The molecule has 1 atom stereocenters. The summed E-state index contributed by atoms with van der Waals surface area (Å²) in [7, 11) is 0. The van der Waals surface area contributed by atoms with Crippen LogP contribution in [0.4, 0.5) is 11.4 Å². The molecule has 5 nitrogen and oxygen atoms in total. The largest absolute Gasteiger partial charge is 0.377 e. The number of anilines is 1. The Morgan fingerprint density at radius 1 is 1.32 bits per heavy atom. The maximum absolute atomic E-state index is 11.3. The number of aryl methyl sites for hydroxylation is 1. The van der Waals surface area contributed by atoms with Gasteiger partial charge in [0.05, 0.1) is 10.5 Å². The number of hydrogen-bond acceptors (Lipinski definition) is 4. The minimum Gasteiger partial charge on any atom is -0.377 e. The number of ether oxygens (including phenoxy) is 1. The standard InChI is InChI=1S/C17H24N2O3/c1-13-5-6-15(16(11-13)19(20)21)18-14-7-10-22-17(12-14)8-3-2-4-9-17/h5-6,11,14,18H,2-4,7-10,12H2,1H3. The van der Waals surface area contributed by atoms with Gasteiger partial charge >= 0.3 is 0 Å². The van der Waals surface area contributed by atoms with Crippen molar-refractivity contribution < 1.29 is 9.66 Å². The molecule has 0 amide bonds. The predicted molar refractivity (Wildman–Crippen MR) is 86.2 cm³/mol. The van der Waals surface area contributed by atoms with Gasteiger partial charge in [0.15, 0.2) is 0 Å². The number of benzene rings is 1. The molecule has 1 aromatic carbocycles. The average Bonchev–Trinajstić information content (AvgIpc) is 2.50. The van der Waals surface area contributed by atoms with E-state index in [1.807, 2.05) is 19.1 Å². The molecule has 1 saturated carbocycles. The van der Waals surface area contributed by atoms with Crippen molar-refractivity contribution >= 4 is 11.4 Å². The lowest BCUT2D eigenvalue weighted by atomic mass is 9.78. The fourth-order valence-corrected chi connectivity index (χ4v) is 3.83. The van der Waals surface area contributed by atoms with Crippen LogP contribution < -0.4 is 5.32 Å². The van der Waals surface area contributed by atoms with Gasteiger partial charge in [-0.05, 0) is 44.2 Å². The van der Waals surface area contributed by atoms with Crippen LogP contribution in [0.5, 0.6) is 0 Å². The zero-order valence-corrected chi connectivity index (χ0v) is 13.1. The third-order valence-electron chi connectivity index (χ3n) is 4.97. The average molecular weight is 304 g/mol. The minimum absolute atomic E-state index is 0.00758. The molecule has 120 valence electrons. The summed E-state index contributed by atoms with van der Waals surface area (Å²) >= 11 is 0. The Morgan fingerprint density at radius 2 is 2.09 bits per heavy atom. The van der Waals surface area contributed by atoms with Crippen LogP contribution in [0, 0.1) is 17.0 Å². The van der Waals surface area contributed by atoms with E-state index in [2.05, 4.69) is 5.32 Å². The van der Waals surface area contributed by atoms with E-state index in [1.54, 1.807) is 6.07 Å². The van der Waals surface area contributed by atoms with E-state index in [0.29, 0.717) is 5.69 Å². The van der Waals surface area contributed by atoms with Crippen LogP contribution in [0.15, 0.2) is 18.2 Å². The maximum Gasteiger partial charge on any atom is 0.292 e. The van der Waals surface area contributed by atoms with Gasteiger partial charge in [-0.15, -0.1) is 0 Å². The lowest BCUT2D eigenvalue weighted by Gasteiger charge is -2.43. The van der Waals surface area contributed by atoms with E-state index in [0.717, 1.165) is 37.9 Å². The van der Waals surface area contributed by atoms with Crippen LogP contribution in [-0.2, 0) is 4.74 Å². The van der Waals surface area contributed by atoms with Gasteiger partial charge in [-0.3, -0.25) is 10.1 Å². The molecule has 5 heteroatoms. The Morgan fingerprint density at radius 3 is 2.82 bits per heavy atom. The zero-order chi connectivity index (χ0) is 15.6. The summed E-state index contributed by atoms with van der Waals surface area (Å²) in [4.78, 5) is 11.0. The first-order valence-corrected chi connectivity index (χ1v) is 8.24. The van der Waals surface area contributed by atoms with E-state index in [1.165, 1.54) is 19.3 Å². The molecule has 0 radical (unpaired) electrons. The molecule has 0 aromatic heterocycles. The van der Waals surface area contributed by atoms with E-state index in [4.69, 9.17) is 4.74 Å². The van der Waals surface area contributed by atoms with E-state index in [9.17, 15) is 10.1 Å². The second kappa shape index (κ2) is 6.24. The summed E-state index contributed by atoms with van der Waals surface area (Å²) < 4.78 is 6.10. The molecule has 1 spiro atoms. The van der Waals surface area contributed by atoms with Gasteiger partial charge in [0, 0.05) is 18.7 Å². The first-order valence-electron chi connectivity index (χ1n) is 8.24. The van der Waals surface area contributed by atoms with Crippen molar-refractivity contribution in [2.24, 2.45) is 0 Å². The molecule has 22 heavy (non-hydrogen) atoms. The molecule has 2 aliphatic rings. The predicted octanol–water partition coefficient (Wildman–Crippen LogP) is 4.20. The molecular weight excluding hydrogens is 280 g/mol. The third-order valence-corrected chi connectivity index (χ3v) is 4.97. The van der Waals surface area contributed by atoms with Crippen molar-refractivity contribution in [2.75, 3.05) is 11.9 Å². The first-order chi connectivity index (χ1) is 10.6. The Kier molecular flexibility index (Phi) is 4.34. The molecule has 2 fully saturated rings. The minimum atomic E-state index is -0.301. The highest BCUT2D eigenvalue weighted by Crippen LogP contribution is 2.39. The topological polar surface area (TPSA) is 64.4 Å². The molecule has 1 heterocycles. The Labute approximate surface area is 131 Å². The summed E-state index contributed by atoms with van der Waals surface area (Å²) in [6, 6.07) is 5.65. The Balaban J connectivity index is 1.74. The number of nitrogens with zero attached hydrogens (tertiary/aromatic N) is 1. The summed E-state index contributed by atoms with van der Waals surface area (Å²) in [5, 5.41) is 14.7. The summed E-state index contributed by atoms with van der Waals surface area (Å²) in [6.07, 6.45) is 7.88. The molecule has 1 unspecified atom stereocenters. The SMILES string of the molecule is Cc1ccc(NC2CCOC3(CCCCC3)C2)c([N+](=O)[O-])c1. The van der Waals surface area contributed by atoms with Crippen LogP contribution in [-0.4, -0.2) is 23.2 Å². The normalized spacial score (nSPS) is 24.1. The highest BCUT2D eigenvalue weighted by atomic mass is 16.6. The van der Waals surface area contributed by atoms with Gasteiger partial charge in [-0.25, -0.2) is 0 Å². The van der Waals surface area contributed by atoms with Gasteiger partial charge in [-0.2, -0.15) is 0 Å². The van der Waals surface area contributed by atoms with Crippen LogP contribution in [0.2, 0.25) is 0 Å². The Hall–Kier alpha value is -1.62. The van der Waals surface area contributed by atoms with Crippen molar-refractivity contribution in [1.82, 2.24) is 0 Å². The maximum atomic E-state index is 11.3. The number of nitro benzene ring substituents is 1. The van der Waals surface area contributed by atoms with E-state index < -0.39 is 0 Å². The molecule has 1 aromatic rings. The molecule has 1 aliphatic heterocycles. The smallest absolute Gasteiger partial charge is 0.292 e. The van der Waals surface area contributed by atoms with Crippen LogP contribution in [0.25, 0.3) is 0 Å². The summed E-state index contributed by atoms with van der Waals surface area (Å²) in [5.41, 5.74) is 1.72. The van der Waals surface area contributed by atoms with Gasteiger partial charge in [-0.1, -0.05) is 25.3 Å². The molecule has 1 saturated heterocycles.